The minimum absolute atomic E-state index is 0.0226. The Morgan fingerprint density at radius 3 is 1.59 bits per heavy atom. The van der Waals surface area contributed by atoms with Gasteiger partial charge in [0, 0.05) is 114 Å². The van der Waals surface area contributed by atoms with Crippen LogP contribution in [0.25, 0.3) is 0 Å². The number of piperidine rings is 2. The number of sulfone groups is 1. The van der Waals surface area contributed by atoms with Gasteiger partial charge in [-0.15, -0.1) is 0 Å². The maximum atomic E-state index is 15.5. The summed E-state index contributed by atoms with van der Waals surface area (Å²) in [5.74, 6) is -1.73. The van der Waals surface area contributed by atoms with Crippen LogP contribution in [0.5, 0.6) is 11.5 Å². The smallest absolute Gasteiger partial charge is 0.314 e. The molecule has 0 bridgehead atoms. The highest BCUT2D eigenvalue weighted by Gasteiger charge is 2.43. The van der Waals surface area contributed by atoms with E-state index in [1.54, 1.807) is 12.1 Å². The molecule has 8 rings (SSSR count). The van der Waals surface area contributed by atoms with Crippen LogP contribution in [0.15, 0.2) is 70.5 Å². The van der Waals surface area contributed by atoms with Crippen molar-refractivity contribution in [2.75, 3.05) is 104 Å². The molecule has 486 valence electrons. The molecule has 2 aliphatic heterocycles. The number of nitrogens with zero attached hydrogens (tertiary/aromatic N) is 2. The zero-order valence-corrected chi connectivity index (χ0v) is 53.9. The third-order valence-electron chi connectivity index (χ3n) is 16.1. The van der Waals surface area contributed by atoms with Crippen molar-refractivity contribution in [3.8, 4) is 11.5 Å². The van der Waals surface area contributed by atoms with E-state index in [2.05, 4.69) is 25.2 Å². The second-order valence-corrected chi connectivity index (χ2v) is 28.2. The van der Waals surface area contributed by atoms with E-state index in [1.807, 2.05) is 12.1 Å². The SMILES string of the molecule is N[C@@H]1CCCN([C@H]2Cc3c(Cl)cc(Cl)cc3[C@@H]2Oc2ccc(S(=O)(=O)CCCOCCOCCNC(=O)NCCCCCC(=O)CCCOCCOCCNS(=O)(=O)c3ccc(O[C@H]4c5cc(Cl)cc(Cl)c5C[C@@H]4N4CCC[C@@H](N)C4)cc3F)c(F)c2)C1. The Morgan fingerprint density at radius 1 is 0.568 bits per heavy atom. The minimum Gasteiger partial charge on any atom is -0.484 e. The highest BCUT2D eigenvalue weighted by molar-refractivity contribution is 7.91. The lowest BCUT2D eigenvalue weighted by Crippen LogP contribution is -2.49. The number of carbonyl (C=O) groups excluding carboxylic acids is 2. The van der Waals surface area contributed by atoms with Gasteiger partial charge >= 0.3 is 6.03 Å². The number of ether oxygens (including phenoxy) is 6. The molecule has 0 spiro atoms. The van der Waals surface area contributed by atoms with E-state index in [0.717, 1.165) is 79.6 Å². The van der Waals surface area contributed by atoms with Gasteiger partial charge in [0.05, 0.1) is 57.5 Å². The van der Waals surface area contributed by atoms with Gasteiger partial charge in [-0.05, 0) is 137 Å². The second-order valence-electron chi connectivity index (χ2n) is 22.7. The summed E-state index contributed by atoms with van der Waals surface area (Å²) in [6.07, 6.45) is 7.55. The molecule has 4 aromatic rings. The standard InChI is InChI=1S/C61H81Cl4F2N7O12S2/c62-40-30-49-47(51(64)32-40)36-55(73-19-4-8-42(68)38-73)59(49)85-45-12-14-57(53(66)34-45)87(77,78)29-7-22-82-26-27-83-23-17-71-61(76)70-16-3-1-2-10-44(75)11-6-21-81-25-28-84-24-18-72-88(79,80)58-15-13-46(35-54(58)67)86-60-50-31-41(63)33-52(65)48(50)37-56(60)74-20-5-9-43(69)39-74/h12-15,30-35,42-43,55-56,59-60,72H,1-11,16-29,36-39,68-69H2,(H2,70,71,76)/t42-,43-,55+,56+,59+,60+/m1/s1. The van der Waals surface area contributed by atoms with Crippen molar-refractivity contribution in [3.05, 3.63) is 115 Å². The third kappa shape index (κ3) is 20.2. The Labute approximate surface area is 535 Å². The van der Waals surface area contributed by atoms with Crippen molar-refractivity contribution < 1.29 is 63.6 Å². The van der Waals surface area contributed by atoms with E-state index < -0.39 is 53.5 Å². The van der Waals surface area contributed by atoms with E-state index in [0.29, 0.717) is 91.3 Å². The van der Waals surface area contributed by atoms with Crippen molar-refractivity contribution in [1.29, 1.82) is 0 Å². The summed E-state index contributed by atoms with van der Waals surface area (Å²) in [7, 11) is -8.18. The molecule has 19 nitrogen and oxygen atoms in total. The number of Topliss-reactive ketones (excluding diaryl/α,β-unsaturated/α-hetero) is 1. The van der Waals surface area contributed by atoms with Gasteiger partial charge in [-0.2, -0.15) is 0 Å². The van der Waals surface area contributed by atoms with Crippen LogP contribution in [0.1, 0.15) is 105 Å². The van der Waals surface area contributed by atoms with Crippen LogP contribution in [0.4, 0.5) is 13.6 Å². The fourth-order valence-corrected chi connectivity index (χ4v) is 15.4. The number of likely N-dealkylation sites (tertiary alicyclic amines) is 2. The largest absolute Gasteiger partial charge is 0.484 e. The number of unbranched alkanes of at least 4 members (excludes halogenated alkanes) is 2. The summed E-state index contributed by atoms with van der Waals surface area (Å²) in [6.45, 7) is 5.24. The summed E-state index contributed by atoms with van der Waals surface area (Å²) in [6, 6.07) is 14.0. The van der Waals surface area contributed by atoms with Gasteiger partial charge in [0.2, 0.25) is 10.0 Å². The van der Waals surface area contributed by atoms with E-state index >= 15 is 8.78 Å². The molecule has 7 N–H and O–H groups in total. The molecule has 2 aliphatic carbocycles. The van der Waals surface area contributed by atoms with E-state index in [4.69, 9.17) is 86.3 Å². The number of urea groups is 1. The van der Waals surface area contributed by atoms with Crippen LogP contribution in [0.3, 0.4) is 0 Å². The average molecular weight is 1350 g/mol. The van der Waals surface area contributed by atoms with Gasteiger partial charge in [-0.25, -0.2) is 35.1 Å². The normalized spacial score (nSPS) is 20.6. The quantitative estimate of drug-likeness (QED) is 0.0270. The molecule has 27 heteroatoms. The molecule has 2 heterocycles. The molecular weight excluding hydrogens is 1270 g/mol. The van der Waals surface area contributed by atoms with Gasteiger partial charge in [0.25, 0.3) is 0 Å². The topological polar surface area (TPSA) is 252 Å². The van der Waals surface area contributed by atoms with E-state index in [9.17, 15) is 26.4 Å². The van der Waals surface area contributed by atoms with E-state index in [1.165, 1.54) is 24.3 Å². The van der Waals surface area contributed by atoms with Crippen molar-refractivity contribution in [2.45, 2.75) is 130 Å². The summed E-state index contributed by atoms with van der Waals surface area (Å²) in [5.41, 5.74) is 16.0. The number of amides is 2. The zero-order chi connectivity index (χ0) is 62.8. The number of nitrogens with one attached hydrogen (secondary N) is 3. The molecule has 6 atom stereocenters. The summed E-state index contributed by atoms with van der Waals surface area (Å²) >= 11 is 26.0. The first-order valence-electron chi connectivity index (χ1n) is 30.2. The fourth-order valence-electron chi connectivity index (χ4n) is 11.8. The number of carbonyl (C=O) groups is 2. The summed E-state index contributed by atoms with van der Waals surface area (Å²) in [4.78, 5) is 28.2. The fraction of sp³-hybridized carbons (Fsp3) is 0.574. The maximum absolute atomic E-state index is 15.5. The maximum Gasteiger partial charge on any atom is 0.314 e. The van der Waals surface area contributed by atoms with Crippen LogP contribution >= 0.6 is 46.4 Å². The van der Waals surface area contributed by atoms with Crippen LogP contribution in [-0.4, -0.2) is 167 Å². The molecule has 4 aliphatic rings. The predicted molar refractivity (Wildman–Crippen MR) is 334 cm³/mol. The lowest BCUT2D eigenvalue weighted by atomic mass is 10.0. The van der Waals surface area contributed by atoms with Crippen molar-refractivity contribution in [1.82, 2.24) is 25.2 Å². The molecule has 0 aromatic heterocycles. The van der Waals surface area contributed by atoms with Gasteiger partial charge in [0.1, 0.15) is 50.9 Å². The minimum atomic E-state index is -4.21. The number of rotatable bonds is 35. The zero-order valence-electron chi connectivity index (χ0n) is 49.3. The number of fused-ring (bicyclic) bond motifs is 2. The molecule has 2 amide bonds. The van der Waals surface area contributed by atoms with Gasteiger partial charge in [-0.1, -0.05) is 52.8 Å². The monoisotopic (exact) mass is 1350 g/mol. The molecule has 88 heavy (non-hydrogen) atoms. The molecular formula is C61H81Cl4F2N7O12S2. The van der Waals surface area contributed by atoms with E-state index in [-0.39, 0.29) is 119 Å². The number of benzene rings is 4. The molecule has 4 aromatic carbocycles. The van der Waals surface area contributed by atoms with Gasteiger partial charge in [-0.3, -0.25) is 14.6 Å². The lowest BCUT2D eigenvalue weighted by Gasteiger charge is -2.38. The number of sulfonamides is 1. The third-order valence-corrected chi connectivity index (χ3v) is 20.5. The number of hydrogen-bond acceptors (Lipinski definition) is 16. The second kappa shape index (κ2) is 34.0. The Balaban J connectivity index is 0.592. The Bertz CT molecular complexity index is 3010. The molecule has 0 saturated carbocycles. The van der Waals surface area contributed by atoms with Crippen molar-refractivity contribution in [2.24, 2.45) is 11.5 Å². The average Bonchev–Trinajstić information content (AvgIpc) is 3.85. The highest BCUT2D eigenvalue weighted by Crippen LogP contribution is 2.45. The molecule has 0 unspecified atom stereocenters. The van der Waals surface area contributed by atoms with Crippen LogP contribution in [-0.2, 0) is 56.4 Å². The lowest BCUT2D eigenvalue weighted by molar-refractivity contribution is -0.119. The van der Waals surface area contributed by atoms with Gasteiger partial charge < -0.3 is 50.5 Å². The first-order valence-corrected chi connectivity index (χ1v) is 34.8. The molecule has 2 saturated heterocycles. The van der Waals surface area contributed by atoms with Crippen molar-refractivity contribution in [3.63, 3.8) is 0 Å². The summed E-state index contributed by atoms with van der Waals surface area (Å²) < 4.78 is 120. The Kier molecular flexibility index (Phi) is 27.0. The van der Waals surface area contributed by atoms with Crippen LogP contribution in [0, 0.1) is 11.6 Å². The van der Waals surface area contributed by atoms with Crippen LogP contribution in [0.2, 0.25) is 20.1 Å². The number of hydrogen-bond donors (Lipinski definition) is 5. The summed E-state index contributed by atoms with van der Waals surface area (Å²) in [5, 5.41) is 7.47. The Morgan fingerprint density at radius 2 is 1.06 bits per heavy atom. The predicted octanol–water partition coefficient (Wildman–Crippen LogP) is 8.93. The number of ketones is 1. The first kappa shape index (κ1) is 69.9. The van der Waals surface area contributed by atoms with Crippen LogP contribution < -0.4 is 36.3 Å². The molecule has 0 radical (unpaired) electrons. The number of nitrogens with two attached hydrogens (primary N) is 2. The highest BCUT2D eigenvalue weighted by atomic mass is 35.5. The van der Waals surface area contributed by atoms with Crippen molar-refractivity contribution >= 4 is 78.1 Å². The number of halogens is 6. The van der Waals surface area contributed by atoms with Gasteiger partial charge in [0.15, 0.2) is 9.84 Å². The Hall–Kier alpha value is -4.02. The first-order chi connectivity index (χ1) is 42.3. The molecule has 2 fully saturated rings.